The van der Waals surface area contributed by atoms with E-state index in [1.807, 2.05) is 0 Å². The van der Waals surface area contributed by atoms with Crippen molar-refractivity contribution < 1.29 is 9.53 Å². The Bertz CT molecular complexity index is 475. The minimum Gasteiger partial charge on any atom is -0.378 e. The van der Waals surface area contributed by atoms with Crippen molar-refractivity contribution in [3.63, 3.8) is 0 Å². The first-order valence-corrected chi connectivity index (χ1v) is 11.1. The molecule has 148 valence electrons. The molecule has 1 unspecified atom stereocenters. The van der Waals surface area contributed by atoms with Gasteiger partial charge < -0.3 is 10.1 Å². The molecule has 5 rings (SSSR count). The first kappa shape index (κ1) is 18.7. The number of ether oxygens (including phenoxy) is 1. The zero-order valence-electron chi connectivity index (χ0n) is 17.0. The van der Waals surface area contributed by atoms with Crippen molar-refractivity contribution in [1.29, 1.82) is 0 Å². The molecule has 1 atom stereocenters. The molecule has 4 nitrogen and oxygen atoms in total. The van der Waals surface area contributed by atoms with E-state index < -0.39 is 0 Å². The van der Waals surface area contributed by atoms with Gasteiger partial charge in [0.15, 0.2) is 0 Å². The molecule has 4 bridgehead atoms. The third kappa shape index (κ3) is 3.96. The molecule has 0 aromatic rings. The van der Waals surface area contributed by atoms with Crippen LogP contribution >= 0.6 is 0 Å². The first-order valence-electron chi connectivity index (χ1n) is 11.1. The summed E-state index contributed by atoms with van der Waals surface area (Å²) in [6.07, 6.45) is 10.5. The van der Waals surface area contributed by atoms with Crippen LogP contribution in [0.5, 0.6) is 0 Å². The lowest BCUT2D eigenvalue weighted by atomic mass is 9.53. The molecule has 1 N–H and O–H groups in total. The van der Waals surface area contributed by atoms with Gasteiger partial charge in [-0.25, -0.2) is 0 Å². The number of likely N-dealkylation sites (tertiary alicyclic amines) is 1. The maximum absolute atomic E-state index is 13.0. The van der Waals surface area contributed by atoms with Gasteiger partial charge in [-0.1, -0.05) is 13.8 Å². The summed E-state index contributed by atoms with van der Waals surface area (Å²) < 4.78 is 6.00. The molecule has 0 spiro atoms. The summed E-state index contributed by atoms with van der Waals surface area (Å²) in [6.45, 7) is 9.33. The maximum atomic E-state index is 13.0. The van der Waals surface area contributed by atoms with E-state index in [2.05, 4.69) is 31.0 Å². The molecule has 0 aromatic heterocycles. The third-order valence-corrected chi connectivity index (χ3v) is 7.50. The van der Waals surface area contributed by atoms with Crippen LogP contribution in [0.1, 0.15) is 72.1 Å². The van der Waals surface area contributed by atoms with Gasteiger partial charge in [-0.05, 0) is 82.0 Å². The van der Waals surface area contributed by atoms with E-state index in [4.69, 9.17) is 4.74 Å². The number of nitrogens with one attached hydrogen (secondary N) is 1. The zero-order chi connectivity index (χ0) is 18.3. The van der Waals surface area contributed by atoms with Crippen LogP contribution in [0.4, 0.5) is 0 Å². The minimum atomic E-state index is -0.00551. The van der Waals surface area contributed by atoms with Crippen LogP contribution in [-0.4, -0.2) is 48.2 Å². The lowest BCUT2D eigenvalue weighted by Crippen LogP contribution is -2.62. The fourth-order valence-electron chi connectivity index (χ4n) is 6.55. The molecule has 1 amide bonds. The van der Waals surface area contributed by atoms with Gasteiger partial charge in [0.2, 0.25) is 5.91 Å². The summed E-state index contributed by atoms with van der Waals surface area (Å²) in [4.78, 5) is 15.4. The topological polar surface area (TPSA) is 41.6 Å². The maximum Gasteiger partial charge on any atom is 0.237 e. The molecule has 4 heteroatoms. The highest BCUT2D eigenvalue weighted by Crippen LogP contribution is 2.55. The van der Waals surface area contributed by atoms with E-state index >= 15 is 0 Å². The Morgan fingerprint density at radius 3 is 2.08 bits per heavy atom. The highest BCUT2D eigenvalue weighted by Gasteiger charge is 2.51. The molecule has 26 heavy (non-hydrogen) atoms. The molecule has 4 saturated carbocycles. The fourth-order valence-corrected chi connectivity index (χ4v) is 6.55. The summed E-state index contributed by atoms with van der Waals surface area (Å²) in [5.41, 5.74) is 0.138. The Morgan fingerprint density at radius 1 is 1.04 bits per heavy atom. The van der Waals surface area contributed by atoms with Gasteiger partial charge in [0.1, 0.15) is 0 Å². The van der Waals surface area contributed by atoms with Crippen molar-refractivity contribution in [3.05, 3.63) is 0 Å². The predicted octanol–water partition coefficient (Wildman–Crippen LogP) is 3.60. The summed E-state index contributed by atoms with van der Waals surface area (Å²) in [7, 11) is 0. The fraction of sp³-hybridized carbons (Fsp3) is 0.955. The van der Waals surface area contributed by atoms with E-state index in [-0.39, 0.29) is 17.5 Å². The van der Waals surface area contributed by atoms with Gasteiger partial charge in [0, 0.05) is 25.2 Å². The van der Waals surface area contributed by atoms with Crippen molar-refractivity contribution in [1.82, 2.24) is 10.2 Å². The van der Waals surface area contributed by atoms with Gasteiger partial charge >= 0.3 is 0 Å². The highest BCUT2D eigenvalue weighted by molar-refractivity contribution is 5.82. The Morgan fingerprint density at radius 2 is 1.58 bits per heavy atom. The van der Waals surface area contributed by atoms with Crippen molar-refractivity contribution in [2.24, 2.45) is 23.7 Å². The molecular weight excluding hydrogens is 324 g/mol. The van der Waals surface area contributed by atoms with Crippen molar-refractivity contribution in [2.45, 2.75) is 89.8 Å². The second-order valence-electron chi connectivity index (χ2n) is 10.3. The second kappa shape index (κ2) is 7.43. The van der Waals surface area contributed by atoms with Gasteiger partial charge in [-0.2, -0.15) is 0 Å². The van der Waals surface area contributed by atoms with Gasteiger partial charge in [-0.15, -0.1) is 0 Å². The van der Waals surface area contributed by atoms with Crippen LogP contribution in [-0.2, 0) is 9.53 Å². The van der Waals surface area contributed by atoms with Crippen LogP contribution in [0.3, 0.4) is 0 Å². The van der Waals surface area contributed by atoms with Crippen LogP contribution in [0.2, 0.25) is 0 Å². The molecule has 1 saturated heterocycles. The Hall–Kier alpha value is -0.610. The molecular formula is C22H38N2O2. The lowest BCUT2D eigenvalue weighted by Gasteiger charge is -2.57. The molecule has 0 aromatic carbocycles. The lowest BCUT2D eigenvalue weighted by molar-refractivity contribution is -0.132. The van der Waals surface area contributed by atoms with E-state index in [0.717, 1.165) is 50.3 Å². The number of carbonyl (C=O) groups is 1. The van der Waals surface area contributed by atoms with E-state index in [0.29, 0.717) is 12.0 Å². The summed E-state index contributed by atoms with van der Waals surface area (Å²) in [5, 5.41) is 3.56. The SMILES string of the molecule is CC(C)COC1CCN(C(C)C(=O)NC23CC4CC(CC(C4)C2)C3)CC1. The van der Waals surface area contributed by atoms with Crippen molar-refractivity contribution >= 4 is 5.91 Å². The number of hydrogen-bond donors (Lipinski definition) is 1. The number of nitrogens with zero attached hydrogens (tertiary/aromatic N) is 1. The Labute approximate surface area is 159 Å². The Balaban J connectivity index is 1.28. The molecule has 5 aliphatic rings. The van der Waals surface area contributed by atoms with E-state index in [1.54, 1.807) is 0 Å². The molecule has 0 radical (unpaired) electrons. The van der Waals surface area contributed by atoms with E-state index in [1.165, 1.54) is 38.5 Å². The number of hydrogen-bond acceptors (Lipinski definition) is 3. The molecule has 5 fully saturated rings. The normalized spacial score (nSPS) is 38.7. The third-order valence-electron chi connectivity index (χ3n) is 7.50. The Kier molecular flexibility index (Phi) is 5.35. The van der Waals surface area contributed by atoms with Gasteiger partial charge in [0.25, 0.3) is 0 Å². The van der Waals surface area contributed by atoms with Crippen LogP contribution in [0.25, 0.3) is 0 Å². The average molecular weight is 363 g/mol. The highest BCUT2D eigenvalue weighted by atomic mass is 16.5. The van der Waals surface area contributed by atoms with Crippen molar-refractivity contribution in [3.8, 4) is 0 Å². The van der Waals surface area contributed by atoms with Crippen molar-refractivity contribution in [2.75, 3.05) is 19.7 Å². The largest absolute Gasteiger partial charge is 0.378 e. The van der Waals surface area contributed by atoms with Gasteiger partial charge in [0.05, 0.1) is 12.1 Å². The average Bonchev–Trinajstić information content (AvgIpc) is 2.58. The van der Waals surface area contributed by atoms with E-state index in [9.17, 15) is 4.79 Å². The predicted molar refractivity (Wildman–Crippen MR) is 104 cm³/mol. The number of carbonyl (C=O) groups excluding carboxylic acids is 1. The van der Waals surface area contributed by atoms with Crippen LogP contribution < -0.4 is 5.32 Å². The van der Waals surface area contributed by atoms with Crippen LogP contribution in [0, 0.1) is 23.7 Å². The minimum absolute atomic E-state index is 0.00551. The number of piperidine rings is 1. The number of amides is 1. The smallest absolute Gasteiger partial charge is 0.237 e. The van der Waals surface area contributed by atoms with Crippen LogP contribution in [0.15, 0.2) is 0 Å². The summed E-state index contributed by atoms with van der Waals surface area (Å²) >= 11 is 0. The molecule has 1 aliphatic heterocycles. The number of rotatable bonds is 6. The molecule has 1 heterocycles. The van der Waals surface area contributed by atoms with Gasteiger partial charge in [-0.3, -0.25) is 9.69 Å². The quantitative estimate of drug-likeness (QED) is 0.785. The first-order chi connectivity index (χ1) is 12.4. The zero-order valence-corrected chi connectivity index (χ0v) is 17.0. The standard InChI is InChI=1S/C22H38N2O2/c1-15(2)14-26-20-4-6-24(7-5-20)16(3)21(25)23-22-11-17-8-18(12-22)10-19(9-17)13-22/h15-20H,4-14H2,1-3H3,(H,23,25). The molecule has 4 aliphatic carbocycles. The second-order valence-corrected chi connectivity index (χ2v) is 10.3. The summed E-state index contributed by atoms with van der Waals surface area (Å²) in [5.74, 6) is 3.51. The monoisotopic (exact) mass is 362 g/mol. The summed E-state index contributed by atoms with van der Waals surface area (Å²) in [6, 6.07) is -0.00551.